The van der Waals surface area contributed by atoms with Gasteiger partial charge in [-0.1, -0.05) is 0 Å². The molecule has 3 heteroatoms. The summed E-state index contributed by atoms with van der Waals surface area (Å²) < 4.78 is 0. The summed E-state index contributed by atoms with van der Waals surface area (Å²) in [6.07, 6.45) is 0. The maximum absolute atomic E-state index is 4.34. The SMILES string of the molecule is CCN=C(NC(C)(C)C)N(C)C. The summed E-state index contributed by atoms with van der Waals surface area (Å²) in [5, 5.41) is 3.33. The fourth-order valence-corrected chi connectivity index (χ4v) is 0.778. The number of hydrogen-bond donors (Lipinski definition) is 1. The van der Waals surface area contributed by atoms with Gasteiger partial charge >= 0.3 is 0 Å². The van der Waals surface area contributed by atoms with E-state index in [0.717, 1.165) is 12.5 Å². The van der Waals surface area contributed by atoms with Gasteiger partial charge in [0.25, 0.3) is 0 Å². The summed E-state index contributed by atoms with van der Waals surface area (Å²) in [4.78, 5) is 6.34. The summed E-state index contributed by atoms with van der Waals surface area (Å²) in [6, 6.07) is 0. The maximum atomic E-state index is 4.34. The molecule has 1 N–H and O–H groups in total. The minimum absolute atomic E-state index is 0.0816. The molecule has 0 fully saturated rings. The predicted octanol–water partition coefficient (Wildman–Crippen LogP) is 1.31. The van der Waals surface area contributed by atoms with Gasteiger partial charge in [-0.15, -0.1) is 0 Å². The molecule has 3 nitrogen and oxygen atoms in total. The molecule has 0 saturated carbocycles. The van der Waals surface area contributed by atoms with Gasteiger partial charge in [0.05, 0.1) is 0 Å². The molecule has 0 aromatic heterocycles. The Morgan fingerprint density at radius 2 is 1.83 bits per heavy atom. The summed E-state index contributed by atoms with van der Waals surface area (Å²) in [5.41, 5.74) is 0.0816. The van der Waals surface area contributed by atoms with Crippen molar-refractivity contribution in [1.82, 2.24) is 10.2 Å². The number of hydrogen-bond acceptors (Lipinski definition) is 1. The zero-order valence-electron chi connectivity index (χ0n) is 9.10. The predicted molar refractivity (Wildman–Crippen MR) is 54.6 cm³/mol. The van der Waals surface area contributed by atoms with Gasteiger partial charge < -0.3 is 10.2 Å². The van der Waals surface area contributed by atoms with Gasteiger partial charge in [-0.3, -0.25) is 4.99 Å². The van der Waals surface area contributed by atoms with Crippen LogP contribution in [0.1, 0.15) is 27.7 Å². The fraction of sp³-hybridized carbons (Fsp3) is 0.889. The van der Waals surface area contributed by atoms with E-state index in [-0.39, 0.29) is 5.54 Å². The van der Waals surface area contributed by atoms with Gasteiger partial charge in [0.1, 0.15) is 0 Å². The lowest BCUT2D eigenvalue weighted by Gasteiger charge is -2.27. The van der Waals surface area contributed by atoms with E-state index in [1.54, 1.807) is 0 Å². The quantitative estimate of drug-likeness (QED) is 0.476. The van der Waals surface area contributed by atoms with E-state index in [2.05, 4.69) is 31.1 Å². The Kier molecular flexibility index (Phi) is 4.07. The van der Waals surface area contributed by atoms with Crippen LogP contribution in [0.15, 0.2) is 4.99 Å². The number of nitrogens with zero attached hydrogens (tertiary/aromatic N) is 2. The van der Waals surface area contributed by atoms with Crippen LogP contribution in [0.2, 0.25) is 0 Å². The molecule has 72 valence electrons. The molecule has 0 atom stereocenters. The summed E-state index contributed by atoms with van der Waals surface area (Å²) >= 11 is 0. The van der Waals surface area contributed by atoms with Gasteiger partial charge in [0, 0.05) is 26.2 Å². The molecule has 0 radical (unpaired) electrons. The number of rotatable bonds is 1. The summed E-state index contributed by atoms with van der Waals surface area (Å²) in [6.45, 7) is 9.23. The van der Waals surface area contributed by atoms with Gasteiger partial charge in [-0.05, 0) is 27.7 Å². The van der Waals surface area contributed by atoms with Crippen molar-refractivity contribution >= 4 is 5.96 Å². The molecule has 0 amide bonds. The average Bonchev–Trinajstić information content (AvgIpc) is 1.83. The highest BCUT2D eigenvalue weighted by Gasteiger charge is 2.12. The lowest BCUT2D eigenvalue weighted by atomic mass is 10.1. The first kappa shape index (κ1) is 11.3. The maximum Gasteiger partial charge on any atom is 0.193 e. The molecule has 0 spiro atoms. The van der Waals surface area contributed by atoms with Crippen LogP contribution in [0.25, 0.3) is 0 Å². The van der Waals surface area contributed by atoms with Crippen LogP contribution in [-0.4, -0.2) is 37.0 Å². The first-order chi connectivity index (χ1) is 5.37. The Balaban J connectivity index is 4.25. The van der Waals surface area contributed by atoms with Crippen LogP contribution < -0.4 is 5.32 Å². The highest BCUT2D eigenvalue weighted by molar-refractivity contribution is 5.80. The van der Waals surface area contributed by atoms with Crippen molar-refractivity contribution in [1.29, 1.82) is 0 Å². The van der Waals surface area contributed by atoms with E-state index in [1.807, 2.05) is 25.9 Å². The highest BCUT2D eigenvalue weighted by Crippen LogP contribution is 1.99. The molecule has 0 rings (SSSR count). The van der Waals surface area contributed by atoms with Crippen molar-refractivity contribution in [2.75, 3.05) is 20.6 Å². The van der Waals surface area contributed by atoms with Gasteiger partial charge in [0.2, 0.25) is 0 Å². The van der Waals surface area contributed by atoms with Crippen molar-refractivity contribution in [3.8, 4) is 0 Å². The molecular weight excluding hydrogens is 150 g/mol. The number of nitrogens with one attached hydrogen (secondary N) is 1. The van der Waals surface area contributed by atoms with Crippen molar-refractivity contribution in [2.24, 2.45) is 4.99 Å². The largest absolute Gasteiger partial charge is 0.352 e. The van der Waals surface area contributed by atoms with Crippen molar-refractivity contribution in [3.05, 3.63) is 0 Å². The second-order valence-corrected chi connectivity index (χ2v) is 4.07. The third-order valence-electron chi connectivity index (χ3n) is 1.22. The highest BCUT2D eigenvalue weighted by atomic mass is 15.3. The van der Waals surface area contributed by atoms with Crippen LogP contribution in [0.5, 0.6) is 0 Å². The second-order valence-electron chi connectivity index (χ2n) is 4.07. The Morgan fingerprint density at radius 3 is 2.08 bits per heavy atom. The normalized spacial score (nSPS) is 13.0. The Morgan fingerprint density at radius 1 is 1.33 bits per heavy atom. The average molecular weight is 171 g/mol. The fourth-order valence-electron chi connectivity index (χ4n) is 0.778. The smallest absolute Gasteiger partial charge is 0.193 e. The number of aliphatic imine (C=N–C) groups is 1. The lowest BCUT2D eigenvalue weighted by molar-refractivity contribution is 0.465. The van der Waals surface area contributed by atoms with E-state index in [4.69, 9.17) is 0 Å². The van der Waals surface area contributed by atoms with Gasteiger partial charge in [-0.25, -0.2) is 0 Å². The summed E-state index contributed by atoms with van der Waals surface area (Å²) in [7, 11) is 3.99. The van der Waals surface area contributed by atoms with E-state index in [9.17, 15) is 0 Å². The molecule has 0 aliphatic carbocycles. The minimum atomic E-state index is 0.0816. The zero-order chi connectivity index (χ0) is 9.78. The standard InChI is InChI=1S/C9H21N3/c1-7-10-8(12(5)6)11-9(2,3)4/h7H2,1-6H3,(H,10,11). The molecule has 0 heterocycles. The van der Waals surface area contributed by atoms with Crippen LogP contribution in [0, 0.1) is 0 Å². The van der Waals surface area contributed by atoms with Crippen molar-refractivity contribution < 1.29 is 0 Å². The molecule has 0 aliphatic heterocycles. The zero-order valence-corrected chi connectivity index (χ0v) is 9.10. The molecule has 0 unspecified atom stereocenters. The number of guanidine groups is 1. The molecule has 0 aromatic rings. The Hall–Kier alpha value is -0.730. The molecule has 0 aliphatic rings. The van der Waals surface area contributed by atoms with Gasteiger partial charge in [0.15, 0.2) is 5.96 Å². The minimum Gasteiger partial charge on any atom is -0.352 e. The topological polar surface area (TPSA) is 27.6 Å². The molecule has 0 bridgehead atoms. The Labute approximate surface area is 75.9 Å². The van der Waals surface area contributed by atoms with Crippen LogP contribution in [0.3, 0.4) is 0 Å². The molecule has 12 heavy (non-hydrogen) atoms. The third-order valence-corrected chi connectivity index (χ3v) is 1.22. The van der Waals surface area contributed by atoms with E-state index >= 15 is 0 Å². The Bertz CT molecular complexity index is 154. The molecular formula is C9H21N3. The van der Waals surface area contributed by atoms with E-state index in [1.165, 1.54) is 0 Å². The van der Waals surface area contributed by atoms with Crippen LogP contribution >= 0.6 is 0 Å². The summed E-state index contributed by atoms with van der Waals surface area (Å²) in [5.74, 6) is 0.949. The lowest BCUT2D eigenvalue weighted by Crippen LogP contribution is -2.47. The van der Waals surface area contributed by atoms with Crippen molar-refractivity contribution in [3.63, 3.8) is 0 Å². The van der Waals surface area contributed by atoms with Crippen LogP contribution in [0.4, 0.5) is 0 Å². The van der Waals surface area contributed by atoms with E-state index in [0.29, 0.717) is 0 Å². The third kappa shape index (κ3) is 4.99. The van der Waals surface area contributed by atoms with Gasteiger partial charge in [-0.2, -0.15) is 0 Å². The van der Waals surface area contributed by atoms with E-state index < -0.39 is 0 Å². The molecule has 0 saturated heterocycles. The second kappa shape index (κ2) is 4.33. The van der Waals surface area contributed by atoms with Crippen LogP contribution in [-0.2, 0) is 0 Å². The van der Waals surface area contributed by atoms with Crippen molar-refractivity contribution in [2.45, 2.75) is 33.2 Å². The first-order valence-electron chi connectivity index (χ1n) is 4.36. The first-order valence-corrected chi connectivity index (χ1v) is 4.36. The molecule has 0 aromatic carbocycles. The monoisotopic (exact) mass is 171 g/mol.